The first-order valence-corrected chi connectivity index (χ1v) is 10.1. The van der Waals surface area contributed by atoms with Crippen LogP contribution in [0.15, 0.2) is 24.3 Å². The average Bonchev–Trinajstić information content (AvgIpc) is 2.58. The van der Waals surface area contributed by atoms with Gasteiger partial charge >= 0.3 is 6.09 Å². The molecule has 0 aliphatic rings. The molecule has 2 unspecified atom stereocenters. The van der Waals surface area contributed by atoms with Crippen molar-refractivity contribution >= 4 is 17.9 Å². The first-order chi connectivity index (χ1) is 13.9. The van der Waals surface area contributed by atoms with Crippen molar-refractivity contribution in [2.24, 2.45) is 0 Å². The monoisotopic (exact) mass is 421 g/mol. The van der Waals surface area contributed by atoms with Gasteiger partial charge in [0.2, 0.25) is 11.8 Å². The third kappa shape index (κ3) is 8.02. The Kier molecular flexibility index (Phi) is 9.29. The molecular formula is C22H35N3O5. The number of benzene rings is 1. The number of rotatable bonds is 8. The maximum absolute atomic E-state index is 13.2. The minimum atomic E-state index is -0.953. The van der Waals surface area contributed by atoms with Gasteiger partial charge in [0.1, 0.15) is 17.7 Å². The maximum Gasteiger partial charge on any atom is 0.408 e. The van der Waals surface area contributed by atoms with Crippen LogP contribution in [0, 0.1) is 6.92 Å². The molecule has 0 radical (unpaired) electrons. The summed E-state index contributed by atoms with van der Waals surface area (Å²) < 4.78 is 5.21. The van der Waals surface area contributed by atoms with Gasteiger partial charge in [-0.2, -0.15) is 0 Å². The number of ether oxygens (including phenoxy) is 1. The molecule has 8 heteroatoms. The van der Waals surface area contributed by atoms with Crippen LogP contribution in [0.1, 0.15) is 58.7 Å². The van der Waals surface area contributed by atoms with Crippen LogP contribution in [-0.2, 0) is 14.3 Å². The summed E-state index contributed by atoms with van der Waals surface area (Å²) in [5.41, 5.74) is 0.851. The van der Waals surface area contributed by atoms with Crippen molar-refractivity contribution in [3.05, 3.63) is 35.4 Å². The number of carbonyl (C=O) groups is 3. The maximum atomic E-state index is 13.2. The summed E-state index contributed by atoms with van der Waals surface area (Å²) in [6.07, 6.45) is -0.731. The summed E-state index contributed by atoms with van der Waals surface area (Å²) in [6.45, 7) is 11.8. The molecule has 0 spiro atoms. The zero-order chi connectivity index (χ0) is 23.1. The van der Waals surface area contributed by atoms with Gasteiger partial charge in [-0.05, 0) is 54.0 Å². The molecule has 0 saturated carbocycles. The number of hydrogen-bond donors (Lipinski definition) is 3. The molecule has 3 N–H and O–H groups in total. The number of amides is 3. The van der Waals surface area contributed by atoms with Gasteiger partial charge in [0.05, 0.1) is 6.61 Å². The van der Waals surface area contributed by atoms with Crippen LogP contribution >= 0.6 is 0 Å². The number of aliphatic hydroxyl groups is 1. The van der Waals surface area contributed by atoms with Gasteiger partial charge in [0.25, 0.3) is 0 Å². The van der Waals surface area contributed by atoms with Crippen molar-refractivity contribution in [1.29, 1.82) is 0 Å². The molecule has 8 nitrogen and oxygen atoms in total. The van der Waals surface area contributed by atoms with Crippen LogP contribution in [0.25, 0.3) is 0 Å². The number of aryl methyl sites for hydroxylation is 1. The molecule has 168 valence electrons. The lowest BCUT2D eigenvalue weighted by molar-refractivity contribution is -0.143. The normalized spacial score (nSPS) is 13.4. The summed E-state index contributed by atoms with van der Waals surface area (Å²) >= 11 is 0. The second-order valence-electron chi connectivity index (χ2n) is 8.60. The minimum absolute atomic E-state index is 0.0662. The van der Waals surface area contributed by atoms with Gasteiger partial charge in [-0.25, -0.2) is 4.79 Å². The molecule has 0 aliphatic heterocycles. The second kappa shape index (κ2) is 11.0. The highest BCUT2D eigenvalue weighted by molar-refractivity contribution is 5.92. The summed E-state index contributed by atoms with van der Waals surface area (Å²) in [5, 5.41) is 14.9. The molecule has 0 heterocycles. The molecule has 0 bridgehead atoms. The second-order valence-corrected chi connectivity index (χ2v) is 8.60. The van der Waals surface area contributed by atoms with E-state index >= 15 is 0 Å². The van der Waals surface area contributed by atoms with E-state index in [-0.39, 0.29) is 25.1 Å². The number of aliphatic hydroxyl groups excluding tert-OH is 1. The van der Waals surface area contributed by atoms with E-state index in [4.69, 9.17) is 4.74 Å². The Morgan fingerprint density at radius 2 is 1.77 bits per heavy atom. The van der Waals surface area contributed by atoms with E-state index in [1.807, 2.05) is 39.0 Å². The van der Waals surface area contributed by atoms with Gasteiger partial charge in [-0.3, -0.25) is 9.59 Å². The zero-order valence-electron chi connectivity index (χ0n) is 19.0. The van der Waals surface area contributed by atoms with Crippen LogP contribution in [-0.4, -0.2) is 58.8 Å². The lowest BCUT2D eigenvalue weighted by atomic mass is 10.0. The van der Waals surface area contributed by atoms with Crippen molar-refractivity contribution < 1.29 is 24.2 Å². The molecule has 1 rings (SSSR count). The Morgan fingerprint density at radius 1 is 1.13 bits per heavy atom. The number of carbonyl (C=O) groups excluding carboxylic acids is 3. The van der Waals surface area contributed by atoms with E-state index in [0.29, 0.717) is 5.56 Å². The third-order valence-electron chi connectivity index (χ3n) is 4.08. The number of hydrogen-bond acceptors (Lipinski definition) is 5. The topological polar surface area (TPSA) is 108 Å². The van der Waals surface area contributed by atoms with Crippen molar-refractivity contribution in [1.82, 2.24) is 15.5 Å². The fraction of sp³-hybridized carbons (Fsp3) is 0.591. The highest BCUT2D eigenvalue weighted by Crippen LogP contribution is 2.23. The highest BCUT2D eigenvalue weighted by atomic mass is 16.6. The smallest absolute Gasteiger partial charge is 0.408 e. The Labute approximate surface area is 179 Å². The molecule has 30 heavy (non-hydrogen) atoms. The Hall–Kier alpha value is -2.61. The molecule has 0 saturated heterocycles. The van der Waals surface area contributed by atoms with Crippen molar-refractivity contribution in [3.8, 4) is 0 Å². The van der Waals surface area contributed by atoms with E-state index < -0.39 is 29.7 Å². The van der Waals surface area contributed by atoms with E-state index in [1.165, 1.54) is 11.8 Å². The Balaban J connectivity index is 3.21. The molecule has 1 aromatic rings. The van der Waals surface area contributed by atoms with Crippen molar-refractivity contribution in [2.45, 2.75) is 72.2 Å². The quantitative estimate of drug-likeness (QED) is 0.597. The fourth-order valence-electron chi connectivity index (χ4n) is 2.95. The summed E-state index contributed by atoms with van der Waals surface area (Å²) in [4.78, 5) is 39.6. The van der Waals surface area contributed by atoms with Gasteiger partial charge in [-0.1, -0.05) is 29.8 Å². The number of alkyl carbamates (subject to hydrolysis) is 1. The van der Waals surface area contributed by atoms with E-state index in [1.54, 1.807) is 26.8 Å². The van der Waals surface area contributed by atoms with Crippen molar-refractivity contribution in [2.75, 3.05) is 13.2 Å². The molecule has 0 aliphatic carbocycles. The molecular weight excluding hydrogens is 386 g/mol. The Bertz CT molecular complexity index is 743. The van der Waals surface area contributed by atoms with E-state index in [2.05, 4.69) is 10.6 Å². The van der Waals surface area contributed by atoms with Crippen LogP contribution < -0.4 is 10.6 Å². The molecule has 3 amide bonds. The SMILES string of the molecule is Cc1cccc(C(C(=O)NC(C)C)N(CCO)C(=O)C(C)NC(=O)OC(C)(C)C)c1. The summed E-state index contributed by atoms with van der Waals surface area (Å²) in [7, 11) is 0. The summed E-state index contributed by atoms with van der Waals surface area (Å²) in [5.74, 6) is -0.859. The first-order valence-electron chi connectivity index (χ1n) is 10.1. The largest absolute Gasteiger partial charge is 0.444 e. The van der Waals surface area contributed by atoms with E-state index in [9.17, 15) is 19.5 Å². The predicted octanol–water partition coefficient (Wildman–Crippen LogP) is 2.29. The van der Waals surface area contributed by atoms with Crippen LogP contribution in [0.4, 0.5) is 4.79 Å². The van der Waals surface area contributed by atoms with Gasteiger partial charge in [-0.15, -0.1) is 0 Å². The summed E-state index contributed by atoms with van der Waals surface area (Å²) in [6, 6.07) is 5.26. The minimum Gasteiger partial charge on any atom is -0.444 e. The van der Waals surface area contributed by atoms with Gasteiger partial charge < -0.3 is 25.4 Å². The zero-order valence-corrected chi connectivity index (χ0v) is 19.0. The highest BCUT2D eigenvalue weighted by Gasteiger charge is 2.34. The van der Waals surface area contributed by atoms with Gasteiger partial charge in [0, 0.05) is 12.6 Å². The van der Waals surface area contributed by atoms with Crippen LogP contribution in [0.3, 0.4) is 0 Å². The number of nitrogens with one attached hydrogen (secondary N) is 2. The third-order valence-corrected chi connectivity index (χ3v) is 4.08. The van der Waals surface area contributed by atoms with Gasteiger partial charge in [0.15, 0.2) is 0 Å². The average molecular weight is 422 g/mol. The molecule has 0 aromatic heterocycles. The van der Waals surface area contributed by atoms with Crippen LogP contribution in [0.2, 0.25) is 0 Å². The lowest BCUT2D eigenvalue weighted by Gasteiger charge is -2.33. The molecule has 2 atom stereocenters. The van der Waals surface area contributed by atoms with E-state index in [0.717, 1.165) is 5.56 Å². The predicted molar refractivity (Wildman–Crippen MR) is 115 cm³/mol. The standard InChI is InChI=1S/C22H35N3O5/c1-14(2)23-19(27)18(17-10-8-9-15(3)13-17)25(11-12-26)20(28)16(4)24-21(29)30-22(5,6)7/h8-10,13-14,16,18,26H,11-12H2,1-7H3,(H,23,27)(H,24,29). The number of nitrogens with zero attached hydrogens (tertiary/aromatic N) is 1. The first kappa shape index (κ1) is 25.4. The lowest BCUT2D eigenvalue weighted by Crippen LogP contribution is -2.53. The molecule has 0 fully saturated rings. The molecule has 1 aromatic carbocycles. The Morgan fingerprint density at radius 3 is 2.27 bits per heavy atom. The van der Waals surface area contributed by atoms with Crippen molar-refractivity contribution in [3.63, 3.8) is 0 Å². The van der Waals surface area contributed by atoms with Crippen LogP contribution in [0.5, 0.6) is 0 Å². The fourth-order valence-corrected chi connectivity index (χ4v) is 2.95.